The molecule has 0 saturated heterocycles. The van der Waals surface area contributed by atoms with Gasteiger partial charge in [-0.05, 0) is 13.8 Å². The fourth-order valence-corrected chi connectivity index (χ4v) is 1.91. The Morgan fingerprint density at radius 2 is 2.33 bits per heavy atom. The monoisotopic (exact) mass is 181 g/mol. The van der Waals surface area contributed by atoms with E-state index >= 15 is 0 Å². The molecule has 0 radical (unpaired) electrons. The third-order valence-corrected chi connectivity index (χ3v) is 2.54. The Hall–Kier alpha value is -0.870. The molecule has 0 atom stereocenters. The molecule has 0 aliphatic rings. The standard InChI is InChI=1S/C8H11N3S/c1-8(2,9)7-10-5-6-11(7)3-4-12-6/h3-5H,9H2,1-2H3. The highest BCUT2D eigenvalue weighted by Gasteiger charge is 2.19. The van der Waals surface area contributed by atoms with Gasteiger partial charge in [-0.25, -0.2) is 4.98 Å². The molecule has 4 heteroatoms. The van der Waals surface area contributed by atoms with E-state index in [1.807, 2.05) is 36.0 Å². The fraction of sp³-hybridized carbons (Fsp3) is 0.375. The summed E-state index contributed by atoms with van der Waals surface area (Å²) in [6.07, 6.45) is 3.85. The van der Waals surface area contributed by atoms with E-state index in [0.29, 0.717) is 0 Å². The highest BCUT2D eigenvalue weighted by atomic mass is 32.1. The maximum absolute atomic E-state index is 5.95. The first-order valence-corrected chi connectivity index (χ1v) is 4.67. The second kappa shape index (κ2) is 2.31. The lowest BCUT2D eigenvalue weighted by atomic mass is 10.1. The molecule has 0 amide bonds. The lowest BCUT2D eigenvalue weighted by Gasteiger charge is -2.15. The average Bonchev–Trinajstić information content (AvgIpc) is 2.37. The second-order valence-electron chi connectivity index (χ2n) is 3.41. The molecule has 0 saturated carbocycles. The molecule has 0 fully saturated rings. The van der Waals surface area contributed by atoms with E-state index in [0.717, 1.165) is 10.7 Å². The van der Waals surface area contributed by atoms with Crippen molar-refractivity contribution in [3.8, 4) is 0 Å². The van der Waals surface area contributed by atoms with Gasteiger partial charge in [0, 0.05) is 11.6 Å². The number of nitrogens with two attached hydrogens (primary N) is 1. The van der Waals surface area contributed by atoms with Crippen molar-refractivity contribution >= 4 is 16.2 Å². The van der Waals surface area contributed by atoms with Crippen molar-refractivity contribution in [3.63, 3.8) is 0 Å². The van der Waals surface area contributed by atoms with E-state index in [-0.39, 0.29) is 5.54 Å². The Morgan fingerprint density at radius 3 is 3.00 bits per heavy atom. The maximum atomic E-state index is 5.95. The highest BCUT2D eigenvalue weighted by Crippen LogP contribution is 2.20. The zero-order chi connectivity index (χ0) is 8.77. The highest BCUT2D eigenvalue weighted by molar-refractivity contribution is 7.15. The lowest BCUT2D eigenvalue weighted by molar-refractivity contribution is 0.512. The smallest absolute Gasteiger partial charge is 0.133 e. The van der Waals surface area contributed by atoms with Crippen LogP contribution in [-0.4, -0.2) is 9.38 Å². The van der Waals surface area contributed by atoms with Crippen LogP contribution in [0, 0.1) is 0 Å². The number of aromatic nitrogens is 2. The normalized spacial score (nSPS) is 12.6. The van der Waals surface area contributed by atoms with Gasteiger partial charge in [0.1, 0.15) is 10.7 Å². The first-order chi connectivity index (χ1) is 5.59. The number of imidazole rings is 1. The van der Waals surface area contributed by atoms with Gasteiger partial charge in [-0.1, -0.05) is 0 Å². The third kappa shape index (κ3) is 1.04. The zero-order valence-electron chi connectivity index (χ0n) is 7.11. The molecule has 64 valence electrons. The molecule has 0 bridgehead atoms. The van der Waals surface area contributed by atoms with Crippen LogP contribution in [0.4, 0.5) is 0 Å². The molecule has 0 aromatic carbocycles. The average molecular weight is 181 g/mol. The van der Waals surface area contributed by atoms with Crippen molar-refractivity contribution in [2.75, 3.05) is 0 Å². The van der Waals surface area contributed by atoms with Gasteiger partial charge in [-0.2, -0.15) is 0 Å². The summed E-state index contributed by atoms with van der Waals surface area (Å²) < 4.78 is 2.03. The quantitative estimate of drug-likeness (QED) is 0.726. The maximum Gasteiger partial charge on any atom is 0.133 e. The van der Waals surface area contributed by atoms with E-state index in [1.165, 1.54) is 0 Å². The van der Waals surface area contributed by atoms with Crippen molar-refractivity contribution in [2.24, 2.45) is 5.73 Å². The number of hydrogen-bond acceptors (Lipinski definition) is 3. The molecule has 2 rings (SSSR count). The molecule has 3 nitrogen and oxygen atoms in total. The number of fused-ring (bicyclic) bond motifs is 1. The van der Waals surface area contributed by atoms with Crippen LogP contribution in [0.5, 0.6) is 0 Å². The Balaban J connectivity index is 2.69. The summed E-state index contributed by atoms with van der Waals surface area (Å²) in [6, 6.07) is 0. The van der Waals surface area contributed by atoms with Gasteiger partial charge in [0.15, 0.2) is 0 Å². The van der Waals surface area contributed by atoms with E-state index in [1.54, 1.807) is 11.3 Å². The molecule has 0 aliphatic carbocycles. The largest absolute Gasteiger partial charge is 0.319 e. The number of nitrogens with zero attached hydrogens (tertiary/aromatic N) is 2. The van der Waals surface area contributed by atoms with Crippen LogP contribution in [0.15, 0.2) is 17.8 Å². The van der Waals surface area contributed by atoms with Crippen LogP contribution in [-0.2, 0) is 5.54 Å². The number of hydrogen-bond donors (Lipinski definition) is 1. The minimum atomic E-state index is -0.368. The van der Waals surface area contributed by atoms with Crippen LogP contribution >= 0.6 is 11.3 Å². The minimum Gasteiger partial charge on any atom is -0.319 e. The zero-order valence-corrected chi connectivity index (χ0v) is 7.93. The molecular formula is C8H11N3S. The third-order valence-electron chi connectivity index (χ3n) is 1.74. The second-order valence-corrected chi connectivity index (χ2v) is 4.34. The van der Waals surface area contributed by atoms with Crippen molar-refractivity contribution in [3.05, 3.63) is 23.6 Å². The Kier molecular flexibility index (Phi) is 1.49. The fourth-order valence-electron chi connectivity index (χ4n) is 1.21. The summed E-state index contributed by atoms with van der Waals surface area (Å²) in [5.74, 6) is 0.916. The van der Waals surface area contributed by atoms with Crippen molar-refractivity contribution in [1.82, 2.24) is 9.38 Å². The molecule has 0 aliphatic heterocycles. The minimum absolute atomic E-state index is 0.368. The summed E-state index contributed by atoms with van der Waals surface area (Å²) in [5, 5.41) is 2.03. The van der Waals surface area contributed by atoms with Gasteiger partial charge in [-0.15, -0.1) is 11.3 Å². The first-order valence-electron chi connectivity index (χ1n) is 3.79. The summed E-state index contributed by atoms with van der Waals surface area (Å²) in [7, 11) is 0. The Morgan fingerprint density at radius 1 is 1.58 bits per heavy atom. The molecule has 2 aromatic rings. The van der Waals surface area contributed by atoms with Crippen molar-refractivity contribution in [1.29, 1.82) is 0 Å². The molecule has 12 heavy (non-hydrogen) atoms. The number of thiazole rings is 1. The van der Waals surface area contributed by atoms with Crippen LogP contribution in [0.1, 0.15) is 19.7 Å². The summed E-state index contributed by atoms with van der Waals surface area (Å²) in [4.78, 5) is 5.42. The van der Waals surface area contributed by atoms with Crippen LogP contribution in [0.2, 0.25) is 0 Å². The van der Waals surface area contributed by atoms with Crippen LogP contribution in [0.3, 0.4) is 0 Å². The summed E-state index contributed by atoms with van der Waals surface area (Å²) in [6.45, 7) is 3.92. The van der Waals surface area contributed by atoms with Crippen molar-refractivity contribution < 1.29 is 0 Å². The van der Waals surface area contributed by atoms with Gasteiger partial charge >= 0.3 is 0 Å². The summed E-state index contributed by atoms with van der Waals surface area (Å²) >= 11 is 1.67. The number of rotatable bonds is 1. The first kappa shape index (κ1) is 7.76. The molecule has 0 unspecified atom stereocenters. The van der Waals surface area contributed by atoms with Crippen LogP contribution in [0.25, 0.3) is 4.83 Å². The van der Waals surface area contributed by atoms with Crippen LogP contribution < -0.4 is 5.73 Å². The van der Waals surface area contributed by atoms with E-state index < -0.39 is 0 Å². The molecule has 0 spiro atoms. The molecular weight excluding hydrogens is 170 g/mol. The molecule has 2 heterocycles. The predicted octanol–water partition coefficient (Wildman–Crippen LogP) is 1.59. The van der Waals surface area contributed by atoms with Gasteiger partial charge in [-0.3, -0.25) is 4.40 Å². The van der Waals surface area contributed by atoms with Gasteiger partial charge in [0.25, 0.3) is 0 Å². The van der Waals surface area contributed by atoms with Gasteiger partial charge < -0.3 is 5.73 Å². The van der Waals surface area contributed by atoms with E-state index in [9.17, 15) is 0 Å². The Bertz CT molecular complexity index is 394. The predicted molar refractivity (Wildman–Crippen MR) is 50.3 cm³/mol. The Labute approximate surface area is 74.8 Å². The van der Waals surface area contributed by atoms with Gasteiger partial charge in [0.2, 0.25) is 0 Å². The van der Waals surface area contributed by atoms with E-state index in [4.69, 9.17) is 5.73 Å². The van der Waals surface area contributed by atoms with Crippen molar-refractivity contribution in [2.45, 2.75) is 19.4 Å². The molecule has 2 N–H and O–H groups in total. The van der Waals surface area contributed by atoms with Gasteiger partial charge in [0.05, 0.1) is 11.7 Å². The SMILES string of the molecule is CC(C)(N)c1ncc2sccn12. The topological polar surface area (TPSA) is 43.3 Å². The lowest BCUT2D eigenvalue weighted by Crippen LogP contribution is -2.31. The summed E-state index contributed by atoms with van der Waals surface area (Å²) in [5.41, 5.74) is 5.58. The van der Waals surface area contributed by atoms with E-state index in [2.05, 4.69) is 4.98 Å². The molecule has 2 aromatic heterocycles.